The van der Waals surface area contributed by atoms with Crippen LogP contribution in [0.1, 0.15) is 32.8 Å². The van der Waals surface area contributed by atoms with Crippen molar-refractivity contribution in [1.29, 1.82) is 0 Å². The van der Waals surface area contributed by atoms with Gasteiger partial charge >= 0.3 is 0 Å². The van der Waals surface area contributed by atoms with Crippen molar-refractivity contribution in [2.24, 2.45) is 5.92 Å². The highest BCUT2D eigenvalue weighted by Crippen LogP contribution is 2.18. The van der Waals surface area contributed by atoms with Gasteiger partial charge in [-0.1, -0.05) is 38.8 Å². The first-order chi connectivity index (χ1) is 8.05. The molecule has 0 aliphatic rings. The van der Waals surface area contributed by atoms with Crippen LogP contribution in [0.4, 0.5) is 5.69 Å². The first kappa shape index (κ1) is 14.3. The third kappa shape index (κ3) is 4.97. The molecule has 1 unspecified atom stereocenters. The van der Waals surface area contributed by atoms with Gasteiger partial charge < -0.3 is 5.73 Å². The average molecular weight is 255 g/mol. The monoisotopic (exact) mass is 254 g/mol. The summed E-state index contributed by atoms with van der Waals surface area (Å²) in [6.07, 6.45) is 1.22. The molecule has 0 fully saturated rings. The molecule has 0 bridgehead atoms. The summed E-state index contributed by atoms with van der Waals surface area (Å²) in [7, 11) is 0. The van der Waals surface area contributed by atoms with Crippen molar-refractivity contribution >= 4 is 17.3 Å². The van der Waals surface area contributed by atoms with Crippen LogP contribution in [0.3, 0.4) is 0 Å². The van der Waals surface area contributed by atoms with E-state index in [1.807, 2.05) is 12.1 Å². The molecule has 0 amide bonds. The van der Waals surface area contributed by atoms with Gasteiger partial charge in [0.1, 0.15) is 0 Å². The first-order valence-electron chi connectivity index (χ1n) is 6.32. The van der Waals surface area contributed by atoms with Crippen molar-refractivity contribution in [3.8, 4) is 0 Å². The number of rotatable bonds is 6. The molecule has 0 radical (unpaired) electrons. The zero-order valence-corrected chi connectivity index (χ0v) is 11.8. The zero-order valence-electron chi connectivity index (χ0n) is 11.0. The standard InChI is InChI=1S/C14H23ClN2/c1-4-11(3)9-17(5-2)10-12-6-13(15)8-14(16)7-12/h6-8,11H,4-5,9-10,16H2,1-3H3. The van der Waals surface area contributed by atoms with Gasteiger partial charge in [0, 0.05) is 23.8 Å². The topological polar surface area (TPSA) is 29.3 Å². The molecule has 2 nitrogen and oxygen atoms in total. The second-order valence-electron chi connectivity index (χ2n) is 4.73. The number of hydrogen-bond donors (Lipinski definition) is 1. The van der Waals surface area contributed by atoms with Gasteiger partial charge in [-0.15, -0.1) is 0 Å². The lowest BCUT2D eigenvalue weighted by atomic mass is 10.1. The second-order valence-corrected chi connectivity index (χ2v) is 5.17. The van der Waals surface area contributed by atoms with Crippen molar-refractivity contribution in [3.63, 3.8) is 0 Å². The van der Waals surface area contributed by atoms with Crippen LogP contribution in [0.25, 0.3) is 0 Å². The normalized spacial score (nSPS) is 13.0. The molecule has 2 N–H and O–H groups in total. The molecule has 0 aliphatic heterocycles. The van der Waals surface area contributed by atoms with Gasteiger partial charge in [0.25, 0.3) is 0 Å². The van der Waals surface area contributed by atoms with Crippen molar-refractivity contribution in [2.45, 2.75) is 33.7 Å². The zero-order chi connectivity index (χ0) is 12.8. The lowest BCUT2D eigenvalue weighted by Crippen LogP contribution is -2.27. The van der Waals surface area contributed by atoms with Gasteiger partial charge in [0.15, 0.2) is 0 Å². The lowest BCUT2D eigenvalue weighted by Gasteiger charge is -2.24. The summed E-state index contributed by atoms with van der Waals surface area (Å²) in [5.41, 5.74) is 7.74. The molecule has 0 heterocycles. The number of benzene rings is 1. The van der Waals surface area contributed by atoms with Crippen molar-refractivity contribution in [1.82, 2.24) is 4.90 Å². The van der Waals surface area contributed by atoms with Crippen LogP contribution in [0.5, 0.6) is 0 Å². The van der Waals surface area contributed by atoms with Gasteiger partial charge in [-0.2, -0.15) is 0 Å². The molecular formula is C14H23ClN2. The van der Waals surface area contributed by atoms with E-state index in [-0.39, 0.29) is 0 Å². The maximum Gasteiger partial charge on any atom is 0.0429 e. The Hall–Kier alpha value is -0.730. The molecule has 0 aliphatic carbocycles. The highest BCUT2D eigenvalue weighted by Gasteiger charge is 2.08. The first-order valence-corrected chi connectivity index (χ1v) is 6.70. The van der Waals surface area contributed by atoms with E-state index in [0.29, 0.717) is 0 Å². The molecule has 3 heteroatoms. The van der Waals surface area contributed by atoms with Gasteiger partial charge in [-0.05, 0) is 36.2 Å². The van der Waals surface area contributed by atoms with E-state index in [9.17, 15) is 0 Å². The second kappa shape index (κ2) is 6.87. The minimum absolute atomic E-state index is 0.722. The van der Waals surface area contributed by atoms with Crippen LogP contribution in [0, 0.1) is 5.92 Å². The smallest absolute Gasteiger partial charge is 0.0429 e. The van der Waals surface area contributed by atoms with Crippen LogP contribution in [-0.4, -0.2) is 18.0 Å². The fourth-order valence-corrected chi connectivity index (χ4v) is 2.17. The largest absolute Gasteiger partial charge is 0.399 e. The highest BCUT2D eigenvalue weighted by atomic mass is 35.5. The lowest BCUT2D eigenvalue weighted by molar-refractivity contribution is 0.238. The predicted molar refractivity (Wildman–Crippen MR) is 76.3 cm³/mol. The Balaban J connectivity index is 2.66. The van der Waals surface area contributed by atoms with Crippen LogP contribution in [-0.2, 0) is 6.54 Å². The molecule has 17 heavy (non-hydrogen) atoms. The molecule has 0 spiro atoms. The predicted octanol–water partition coefficient (Wildman–Crippen LogP) is 3.79. The Morgan fingerprint density at radius 2 is 2.00 bits per heavy atom. The molecule has 1 aromatic carbocycles. The summed E-state index contributed by atoms with van der Waals surface area (Å²) in [5, 5.41) is 0.722. The van der Waals surface area contributed by atoms with E-state index in [4.69, 9.17) is 17.3 Å². The quantitative estimate of drug-likeness (QED) is 0.783. The van der Waals surface area contributed by atoms with Crippen LogP contribution in [0.2, 0.25) is 5.02 Å². The van der Waals surface area contributed by atoms with E-state index in [1.54, 1.807) is 6.07 Å². The maximum absolute atomic E-state index is 6.01. The van der Waals surface area contributed by atoms with Gasteiger partial charge in [-0.25, -0.2) is 0 Å². The van der Waals surface area contributed by atoms with Crippen molar-refractivity contribution < 1.29 is 0 Å². The van der Waals surface area contributed by atoms with Gasteiger partial charge in [-0.3, -0.25) is 4.90 Å². The molecule has 1 rings (SSSR count). The Bertz CT molecular complexity index is 332. The Morgan fingerprint density at radius 1 is 1.29 bits per heavy atom. The average Bonchev–Trinajstić information content (AvgIpc) is 2.26. The summed E-state index contributed by atoms with van der Waals surface area (Å²) in [4.78, 5) is 2.43. The number of anilines is 1. The maximum atomic E-state index is 6.01. The number of hydrogen-bond acceptors (Lipinski definition) is 2. The molecule has 0 saturated carbocycles. The Kier molecular flexibility index (Phi) is 5.79. The van der Waals surface area contributed by atoms with E-state index >= 15 is 0 Å². The summed E-state index contributed by atoms with van der Waals surface area (Å²) in [6, 6.07) is 5.79. The molecule has 0 aromatic heterocycles. The number of nitrogen functional groups attached to an aromatic ring is 1. The van der Waals surface area contributed by atoms with Crippen molar-refractivity contribution in [3.05, 3.63) is 28.8 Å². The number of nitrogens with two attached hydrogens (primary N) is 1. The van der Waals surface area contributed by atoms with Crippen molar-refractivity contribution in [2.75, 3.05) is 18.8 Å². The fraction of sp³-hybridized carbons (Fsp3) is 0.571. The SMILES string of the molecule is CCC(C)CN(CC)Cc1cc(N)cc(Cl)c1. The molecular weight excluding hydrogens is 232 g/mol. The summed E-state index contributed by atoms with van der Waals surface area (Å²) >= 11 is 6.01. The molecule has 1 aromatic rings. The van der Waals surface area contributed by atoms with Gasteiger partial charge in [0.05, 0.1) is 0 Å². The third-order valence-electron chi connectivity index (χ3n) is 3.10. The van der Waals surface area contributed by atoms with Crippen LogP contribution >= 0.6 is 11.6 Å². The van der Waals surface area contributed by atoms with E-state index < -0.39 is 0 Å². The minimum Gasteiger partial charge on any atom is -0.399 e. The summed E-state index contributed by atoms with van der Waals surface area (Å²) < 4.78 is 0. The molecule has 1 atom stereocenters. The molecule has 0 saturated heterocycles. The van der Waals surface area contributed by atoms with Crippen LogP contribution in [0.15, 0.2) is 18.2 Å². The molecule has 96 valence electrons. The van der Waals surface area contributed by atoms with E-state index in [2.05, 4.69) is 25.7 Å². The van der Waals surface area contributed by atoms with Gasteiger partial charge in [0.2, 0.25) is 0 Å². The Morgan fingerprint density at radius 3 is 2.53 bits per heavy atom. The van der Waals surface area contributed by atoms with Crippen LogP contribution < -0.4 is 5.73 Å². The summed E-state index contributed by atoms with van der Waals surface area (Å²) in [5.74, 6) is 0.728. The minimum atomic E-state index is 0.722. The fourth-order valence-electron chi connectivity index (χ4n) is 1.90. The summed E-state index contributed by atoms with van der Waals surface area (Å²) in [6.45, 7) is 9.81. The Labute approximate surface area is 110 Å². The van der Waals surface area contributed by atoms with E-state index in [1.165, 1.54) is 12.0 Å². The highest BCUT2D eigenvalue weighted by molar-refractivity contribution is 6.30. The number of halogens is 1. The van der Waals surface area contributed by atoms with E-state index in [0.717, 1.165) is 36.3 Å². The number of nitrogens with zero attached hydrogens (tertiary/aromatic N) is 1. The third-order valence-corrected chi connectivity index (χ3v) is 3.32.